The molecule has 2 aromatic rings. The summed E-state index contributed by atoms with van der Waals surface area (Å²) >= 11 is 6.28. The summed E-state index contributed by atoms with van der Waals surface area (Å²) in [6.45, 7) is 3.96. The van der Waals surface area contributed by atoms with Crippen LogP contribution in [0.3, 0.4) is 0 Å². The van der Waals surface area contributed by atoms with Crippen LogP contribution in [0.5, 0.6) is 11.5 Å². The number of aromatic carboxylic acids is 1. The normalized spacial score (nSPS) is 14.9. The van der Waals surface area contributed by atoms with Crippen LogP contribution in [0.25, 0.3) is 6.08 Å². The quantitative estimate of drug-likeness (QED) is 0.679. The summed E-state index contributed by atoms with van der Waals surface area (Å²) in [4.78, 5) is 24.0. The molecule has 7 nitrogen and oxygen atoms in total. The molecule has 150 valence electrons. The summed E-state index contributed by atoms with van der Waals surface area (Å²) in [5, 5.41) is 16.9. The fraction of sp³-hybridized carbons (Fsp3) is 0.190. The zero-order valence-electron chi connectivity index (χ0n) is 16.1. The van der Waals surface area contributed by atoms with Gasteiger partial charge in [0.2, 0.25) is 0 Å². The van der Waals surface area contributed by atoms with Crippen molar-refractivity contribution >= 4 is 41.0 Å². The second kappa shape index (κ2) is 8.36. The van der Waals surface area contributed by atoms with Crippen LogP contribution in [0.15, 0.2) is 47.1 Å². The monoisotopic (exact) mass is 413 g/mol. The van der Waals surface area contributed by atoms with Crippen molar-refractivity contribution in [2.75, 3.05) is 18.7 Å². The first-order chi connectivity index (χ1) is 13.8. The molecule has 1 amide bonds. The maximum absolute atomic E-state index is 12.9. The van der Waals surface area contributed by atoms with Crippen molar-refractivity contribution in [3.63, 3.8) is 0 Å². The summed E-state index contributed by atoms with van der Waals surface area (Å²) in [6, 6.07) is 9.24. The number of carbonyl (C=O) groups excluding carboxylic acids is 2. The number of amides is 1. The minimum Gasteiger partial charge on any atom is -0.545 e. The van der Waals surface area contributed by atoms with Gasteiger partial charge >= 0.3 is 0 Å². The van der Waals surface area contributed by atoms with Crippen molar-refractivity contribution < 1.29 is 24.2 Å². The number of anilines is 1. The Morgan fingerprint density at radius 2 is 2.07 bits per heavy atom. The molecule has 0 unspecified atom stereocenters. The number of carbonyl (C=O) groups is 2. The van der Waals surface area contributed by atoms with Crippen LogP contribution >= 0.6 is 11.6 Å². The van der Waals surface area contributed by atoms with Crippen molar-refractivity contribution in [3.05, 3.63) is 58.1 Å². The highest BCUT2D eigenvalue weighted by Crippen LogP contribution is 2.37. The molecule has 0 radical (unpaired) electrons. The Kier molecular flexibility index (Phi) is 5.89. The predicted octanol–water partition coefficient (Wildman–Crippen LogP) is 2.92. The zero-order chi connectivity index (χ0) is 21.1. The van der Waals surface area contributed by atoms with Gasteiger partial charge in [-0.05, 0) is 55.3 Å². The van der Waals surface area contributed by atoms with E-state index in [1.165, 1.54) is 25.3 Å². The average molecular weight is 414 g/mol. The zero-order valence-corrected chi connectivity index (χ0v) is 16.8. The van der Waals surface area contributed by atoms with Crippen molar-refractivity contribution in [1.82, 2.24) is 0 Å². The van der Waals surface area contributed by atoms with Crippen LogP contribution < -0.4 is 19.6 Å². The highest BCUT2D eigenvalue weighted by atomic mass is 35.5. The van der Waals surface area contributed by atoms with Crippen LogP contribution in [0.4, 0.5) is 5.69 Å². The van der Waals surface area contributed by atoms with Gasteiger partial charge in [0.05, 0.1) is 41.7 Å². The lowest BCUT2D eigenvalue weighted by Crippen LogP contribution is -2.24. The highest BCUT2D eigenvalue weighted by molar-refractivity contribution is 6.33. The van der Waals surface area contributed by atoms with Crippen molar-refractivity contribution in [2.45, 2.75) is 13.8 Å². The minimum atomic E-state index is -1.33. The van der Waals surface area contributed by atoms with E-state index in [9.17, 15) is 14.7 Å². The summed E-state index contributed by atoms with van der Waals surface area (Å²) < 4.78 is 10.8. The number of ether oxygens (including phenoxy) is 2. The van der Waals surface area contributed by atoms with Crippen LogP contribution in [-0.4, -0.2) is 31.3 Å². The molecule has 3 rings (SSSR count). The Hall–Kier alpha value is -3.32. The molecule has 0 saturated carbocycles. The van der Waals surface area contributed by atoms with Gasteiger partial charge in [0.25, 0.3) is 5.91 Å². The van der Waals surface area contributed by atoms with Gasteiger partial charge in [-0.25, -0.2) is 0 Å². The second-order valence-corrected chi connectivity index (χ2v) is 6.57. The number of methoxy groups -OCH3 is 1. The van der Waals surface area contributed by atoms with E-state index in [0.29, 0.717) is 45.7 Å². The Bertz CT molecular complexity index is 1050. The molecular formula is C21H18ClN2O5-. The fourth-order valence-corrected chi connectivity index (χ4v) is 3.22. The number of hydrogen-bond donors (Lipinski definition) is 0. The van der Waals surface area contributed by atoms with Crippen LogP contribution in [0.2, 0.25) is 5.02 Å². The SMILES string of the molecule is CCOc1cc(/C=C2\C(=O)N(c3cccc(C(=O)[O-])c3)N=C2C)cc(Cl)c1OC. The molecule has 1 heterocycles. The lowest BCUT2D eigenvalue weighted by molar-refractivity contribution is -0.255. The molecule has 29 heavy (non-hydrogen) atoms. The van der Waals surface area contributed by atoms with E-state index in [4.69, 9.17) is 21.1 Å². The molecule has 0 saturated heterocycles. The third-order valence-corrected chi connectivity index (χ3v) is 4.52. The molecule has 1 aliphatic rings. The van der Waals surface area contributed by atoms with Gasteiger partial charge in [-0.1, -0.05) is 23.7 Å². The largest absolute Gasteiger partial charge is 0.545 e. The highest BCUT2D eigenvalue weighted by Gasteiger charge is 2.29. The number of rotatable bonds is 6. The number of carboxylic acid groups (broad SMARTS) is 1. The van der Waals surface area contributed by atoms with E-state index >= 15 is 0 Å². The van der Waals surface area contributed by atoms with Crippen LogP contribution in [0, 0.1) is 0 Å². The van der Waals surface area contributed by atoms with Gasteiger partial charge in [0, 0.05) is 0 Å². The van der Waals surface area contributed by atoms with Crippen molar-refractivity contribution in [1.29, 1.82) is 0 Å². The number of benzene rings is 2. The fourth-order valence-electron chi connectivity index (χ4n) is 2.92. The number of halogens is 1. The molecule has 0 N–H and O–H groups in total. The first-order valence-electron chi connectivity index (χ1n) is 8.79. The topological polar surface area (TPSA) is 91.3 Å². The standard InChI is InChI=1S/C21H19ClN2O5/c1-4-29-18-10-13(9-17(22)19(18)28-3)8-16-12(2)23-24(20(16)25)15-7-5-6-14(11-15)21(26)27/h5-11H,4H2,1-3H3,(H,26,27)/p-1/b16-8-. The van der Waals surface area contributed by atoms with Gasteiger partial charge in [0.15, 0.2) is 11.5 Å². The maximum atomic E-state index is 12.9. The third-order valence-electron chi connectivity index (χ3n) is 4.24. The first kappa shape index (κ1) is 20.4. The van der Waals surface area contributed by atoms with Gasteiger partial charge in [-0.2, -0.15) is 10.1 Å². The van der Waals surface area contributed by atoms with Gasteiger partial charge in [-0.3, -0.25) is 4.79 Å². The lowest BCUT2D eigenvalue weighted by Gasteiger charge is -2.14. The van der Waals surface area contributed by atoms with Crippen LogP contribution in [0.1, 0.15) is 29.8 Å². The predicted molar refractivity (Wildman–Crippen MR) is 109 cm³/mol. The van der Waals surface area contributed by atoms with Crippen LogP contribution in [-0.2, 0) is 4.79 Å². The van der Waals surface area contributed by atoms with Crippen molar-refractivity contribution in [3.8, 4) is 11.5 Å². The molecule has 0 spiro atoms. The summed E-state index contributed by atoms with van der Waals surface area (Å²) in [5.74, 6) is -0.832. The molecular weight excluding hydrogens is 396 g/mol. The van der Waals surface area contributed by atoms with E-state index in [1.807, 2.05) is 6.92 Å². The Balaban J connectivity index is 1.98. The van der Waals surface area contributed by atoms with E-state index in [-0.39, 0.29) is 11.5 Å². The van der Waals surface area contributed by atoms with Gasteiger partial charge < -0.3 is 19.4 Å². The van der Waals surface area contributed by atoms with E-state index in [2.05, 4.69) is 5.10 Å². The summed E-state index contributed by atoms with van der Waals surface area (Å²) in [7, 11) is 1.50. The molecule has 1 aliphatic heterocycles. The van der Waals surface area contributed by atoms with E-state index in [1.54, 1.807) is 31.2 Å². The first-order valence-corrected chi connectivity index (χ1v) is 9.17. The maximum Gasteiger partial charge on any atom is 0.280 e. The smallest absolute Gasteiger partial charge is 0.280 e. The van der Waals surface area contributed by atoms with E-state index < -0.39 is 5.97 Å². The number of hydrazone groups is 1. The molecule has 0 bridgehead atoms. The molecule has 0 atom stereocenters. The molecule has 2 aromatic carbocycles. The number of carboxylic acids is 1. The second-order valence-electron chi connectivity index (χ2n) is 6.17. The summed E-state index contributed by atoms with van der Waals surface area (Å²) in [6.07, 6.45) is 1.65. The molecule has 8 heteroatoms. The number of hydrogen-bond acceptors (Lipinski definition) is 6. The average Bonchev–Trinajstić information content (AvgIpc) is 2.96. The molecule has 0 fully saturated rings. The van der Waals surface area contributed by atoms with E-state index in [0.717, 1.165) is 5.01 Å². The molecule has 0 aliphatic carbocycles. The minimum absolute atomic E-state index is 0.0381. The summed E-state index contributed by atoms with van der Waals surface area (Å²) in [5.41, 5.74) is 1.78. The van der Waals surface area contributed by atoms with Gasteiger partial charge in [0.1, 0.15) is 0 Å². The van der Waals surface area contributed by atoms with Gasteiger partial charge in [-0.15, -0.1) is 0 Å². The Labute approximate surface area is 172 Å². The number of nitrogens with zero attached hydrogens (tertiary/aromatic N) is 2. The lowest BCUT2D eigenvalue weighted by atomic mass is 10.1. The molecule has 0 aromatic heterocycles. The van der Waals surface area contributed by atoms with Crippen molar-refractivity contribution in [2.24, 2.45) is 5.10 Å². The Morgan fingerprint density at radius 1 is 1.31 bits per heavy atom. The third kappa shape index (κ3) is 4.09. The Morgan fingerprint density at radius 3 is 2.72 bits per heavy atom.